The smallest absolute Gasteiger partial charge is 0.255 e. The minimum atomic E-state index is -0.562. The predicted octanol–water partition coefficient (Wildman–Crippen LogP) is 3.44. The highest BCUT2D eigenvalue weighted by atomic mass is 32.1. The van der Waals surface area contributed by atoms with Crippen LogP contribution in [0.3, 0.4) is 0 Å². The van der Waals surface area contributed by atoms with Crippen LogP contribution in [0.15, 0.2) is 41.9 Å². The highest BCUT2D eigenvalue weighted by Gasteiger charge is 2.39. The molecule has 2 fully saturated rings. The summed E-state index contributed by atoms with van der Waals surface area (Å²) in [6, 6.07) is 12.2. The van der Waals surface area contributed by atoms with Gasteiger partial charge in [-0.2, -0.15) is 0 Å². The van der Waals surface area contributed by atoms with Crippen LogP contribution in [0.5, 0.6) is 0 Å². The third-order valence-electron chi connectivity index (χ3n) is 7.41. The Bertz CT molecular complexity index is 1290. The van der Waals surface area contributed by atoms with Crippen molar-refractivity contribution in [2.45, 2.75) is 50.7 Å². The van der Waals surface area contributed by atoms with E-state index in [-0.39, 0.29) is 24.1 Å². The molecule has 3 aliphatic rings. The summed E-state index contributed by atoms with van der Waals surface area (Å²) in [7, 11) is 0. The Kier molecular flexibility index (Phi) is 5.42. The summed E-state index contributed by atoms with van der Waals surface area (Å²) in [5, 5.41) is 2.37. The summed E-state index contributed by atoms with van der Waals surface area (Å²) >= 11 is 1.69. The molecule has 2 aromatic carbocycles. The SMILES string of the molecule is O=C1CCC(N2Cc3cc(C4CCN(Cc5ccc6ncsc6c5)CC4)ccc3C2=O)C(=O)N1. The molecule has 6 rings (SSSR count). The van der Waals surface area contributed by atoms with E-state index < -0.39 is 6.04 Å². The summed E-state index contributed by atoms with van der Waals surface area (Å²) in [4.78, 5) is 45.2. The van der Waals surface area contributed by atoms with Gasteiger partial charge in [0.05, 0.1) is 15.7 Å². The van der Waals surface area contributed by atoms with Gasteiger partial charge in [-0.3, -0.25) is 24.6 Å². The van der Waals surface area contributed by atoms with Crippen molar-refractivity contribution in [1.29, 1.82) is 0 Å². The Morgan fingerprint density at radius 1 is 1.03 bits per heavy atom. The summed E-state index contributed by atoms with van der Waals surface area (Å²) in [5.74, 6) is -0.253. The molecule has 0 aliphatic carbocycles. The minimum Gasteiger partial charge on any atom is -0.322 e. The molecule has 0 radical (unpaired) electrons. The molecular weight excluding hydrogens is 448 g/mol. The zero-order valence-corrected chi connectivity index (χ0v) is 19.6. The van der Waals surface area contributed by atoms with Gasteiger partial charge in [0.2, 0.25) is 11.8 Å². The van der Waals surface area contributed by atoms with Gasteiger partial charge in [-0.25, -0.2) is 4.98 Å². The van der Waals surface area contributed by atoms with Gasteiger partial charge in [-0.1, -0.05) is 18.2 Å². The molecule has 1 N–H and O–H groups in total. The van der Waals surface area contributed by atoms with Gasteiger partial charge in [0, 0.05) is 25.1 Å². The van der Waals surface area contributed by atoms with Crippen LogP contribution in [-0.2, 0) is 22.7 Å². The van der Waals surface area contributed by atoms with Gasteiger partial charge in [0.1, 0.15) is 6.04 Å². The maximum atomic E-state index is 12.9. The normalized spacial score (nSPS) is 21.8. The number of nitrogens with zero attached hydrogens (tertiary/aromatic N) is 3. The predicted molar refractivity (Wildman–Crippen MR) is 129 cm³/mol. The number of thiazole rings is 1. The summed E-state index contributed by atoms with van der Waals surface area (Å²) in [6.45, 7) is 3.49. The van der Waals surface area contributed by atoms with Gasteiger partial charge in [-0.05, 0) is 73.2 Å². The highest BCUT2D eigenvalue weighted by Crippen LogP contribution is 2.34. The molecule has 4 heterocycles. The van der Waals surface area contributed by atoms with Gasteiger partial charge in [0.25, 0.3) is 5.91 Å². The summed E-state index contributed by atoms with van der Waals surface area (Å²) in [6.07, 6.45) is 2.85. The fourth-order valence-electron chi connectivity index (χ4n) is 5.53. The Balaban J connectivity index is 1.10. The molecule has 1 unspecified atom stereocenters. The number of aromatic nitrogens is 1. The zero-order valence-electron chi connectivity index (χ0n) is 18.8. The largest absolute Gasteiger partial charge is 0.322 e. The van der Waals surface area contributed by atoms with Crippen molar-refractivity contribution in [2.24, 2.45) is 0 Å². The van der Waals surface area contributed by atoms with E-state index in [1.165, 1.54) is 15.8 Å². The van der Waals surface area contributed by atoms with E-state index in [9.17, 15) is 14.4 Å². The first-order chi connectivity index (χ1) is 16.5. The van der Waals surface area contributed by atoms with E-state index in [0.717, 1.165) is 43.6 Å². The summed E-state index contributed by atoms with van der Waals surface area (Å²) in [5.41, 5.74) is 7.26. The first-order valence-electron chi connectivity index (χ1n) is 11.9. The van der Waals surface area contributed by atoms with Gasteiger partial charge < -0.3 is 4.90 Å². The van der Waals surface area contributed by atoms with E-state index in [2.05, 4.69) is 45.5 Å². The lowest BCUT2D eigenvalue weighted by Crippen LogP contribution is -2.52. The number of rotatable bonds is 4. The molecule has 3 amide bonds. The second-order valence-electron chi connectivity index (χ2n) is 9.52. The fraction of sp³-hybridized carbons (Fsp3) is 0.385. The molecule has 3 aliphatic heterocycles. The van der Waals surface area contributed by atoms with E-state index in [4.69, 9.17) is 0 Å². The lowest BCUT2D eigenvalue weighted by Gasteiger charge is -2.32. The van der Waals surface area contributed by atoms with Crippen LogP contribution in [0.4, 0.5) is 0 Å². The number of likely N-dealkylation sites (tertiary alicyclic amines) is 1. The molecule has 7 nitrogen and oxygen atoms in total. The second kappa shape index (κ2) is 8.60. The first kappa shape index (κ1) is 21.4. The number of amides is 3. The molecule has 174 valence electrons. The average Bonchev–Trinajstić information content (AvgIpc) is 3.43. The monoisotopic (exact) mass is 474 g/mol. The Morgan fingerprint density at radius 3 is 2.71 bits per heavy atom. The number of imide groups is 1. The number of nitrogens with one attached hydrogen (secondary N) is 1. The Labute approximate surface area is 201 Å². The minimum absolute atomic E-state index is 0.108. The number of benzene rings is 2. The number of hydrogen-bond donors (Lipinski definition) is 1. The molecule has 8 heteroatoms. The highest BCUT2D eigenvalue weighted by molar-refractivity contribution is 7.16. The molecule has 0 spiro atoms. The molecule has 1 atom stereocenters. The van der Waals surface area contributed by atoms with Gasteiger partial charge in [0.15, 0.2) is 0 Å². The van der Waals surface area contributed by atoms with Crippen LogP contribution in [0, 0.1) is 0 Å². The van der Waals surface area contributed by atoms with Crippen molar-refractivity contribution < 1.29 is 14.4 Å². The molecule has 34 heavy (non-hydrogen) atoms. The quantitative estimate of drug-likeness (QED) is 0.586. The maximum Gasteiger partial charge on any atom is 0.255 e. The van der Waals surface area contributed by atoms with Crippen LogP contribution in [0.25, 0.3) is 10.2 Å². The first-order valence-corrected chi connectivity index (χ1v) is 12.7. The van der Waals surface area contributed by atoms with Crippen molar-refractivity contribution in [2.75, 3.05) is 13.1 Å². The average molecular weight is 475 g/mol. The Morgan fingerprint density at radius 2 is 1.88 bits per heavy atom. The topological polar surface area (TPSA) is 82.6 Å². The third-order valence-corrected chi connectivity index (χ3v) is 8.20. The number of hydrogen-bond acceptors (Lipinski definition) is 6. The van der Waals surface area contributed by atoms with E-state index in [1.807, 2.05) is 11.6 Å². The van der Waals surface area contributed by atoms with Crippen molar-refractivity contribution in [3.8, 4) is 0 Å². The standard InChI is InChI=1S/C26H26N4O3S/c31-24-6-5-22(25(32)28-24)30-14-19-12-18(2-3-20(19)26(30)33)17-7-9-29(10-8-17)13-16-1-4-21-23(11-16)34-15-27-21/h1-4,11-12,15,17,22H,5-10,13-14H2,(H,28,31,32). The van der Waals surface area contributed by atoms with Crippen LogP contribution >= 0.6 is 11.3 Å². The van der Waals surface area contributed by atoms with E-state index in [0.29, 0.717) is 24.4 Å². The van der Waals surface area contributed by atoms with Gasteiger partial charge >= 0.3 is 0 Å². The number of piperidine rings is 2. The Hall–Kier alpha value is -3.10. The van der Waals surface area contributed by atoms with E-state index in [1.54, 1.807) is 16.2 Å². The van der Waals surface area contributed by atoms with Crippen LogP contribution in [-0.4, -0.2) is 51.6 Å². The van der Waals surface area contributed by atoms with Crippen molar-refractivity contribution in [3.63, 3.8) is 0 Å². The molecule has 0 saturated carbocycles. The number of carbonyl (C=O) groups is 3. The lowest BCUT2D eigenvalue weighted by atomic mass is 9.87. The van der Waals surface area contributed by atoms with Crippen LogP contribution < -0.4 is 5.32 Å². The number of fused-ring (bicyclic) bond motifs is 2. The molecule has 0 bridgehead atoms. The molecule has 2 saturated heterocycles. The van der Waals surface area contributed by atoms with E-state index >= 15 is 0 Å². The van der Waals surface area contributed by atoms with Gasteiger partial charge in [-0.15, -0.1) is 11.3 Å². The molecule has 3 aromatic rings. The lowest BCUT2D eigenvalue weighted by molar-refractivity contribution is -0.136. The third kappa shape index (κ3) is 3.91. The molecular formula is C26H26N4O3S. The van der Waals surface area contributed by atoms with Crippen LogP contribution in [0.2, 0.25) is 0 Å². The number of carbonyl (C=O) groups excluding carboxylic acids is 3. The van der Waals surface area contributed by atoms with Crippen molar-refractivity contribution in [3.05, 3.63) is 64.2 Å². The fourth-order valence-corrected chi connectivity index (χ4v) is 6.27. The maximum absolute atomic E-state index is 12.9. The van der Waals surface area contributed by atoms with Crippen molar-refractivity contribution in [1.82, 2.24) is 20.1 Å². The van der Waals surface area contributed by atoms with Crippen LogP contribution in [0.1, 0.15) is 58.6 Å². The zero-order chi connectivity index (χ0) is 23.2. The molecule has 1 aromatic heterocycles. The van der Waals surface area contributed by atoms with Crippen molar-refractivity contribution >= 4 is 39.3 Å². The second-order valence-corrected chi connectivity index (χ2v) is 10.4. The summed E-state index contributed by atoms with van der Waals surface area (Å²) < 4.78 is 1.24.